The first-order valence-corrected chi connectivity index (χ1v) is 10.8. The summed E-state index contributed by atoms with van der Waals surface area (Å²) in [4.78, 5) is 31.2. The highest BCUT2D eigenvalue weighted by molar-refractivity contribution is 6.04. The lowest BCUT2D eigenvalue weighted by Crippen LogP contribution is -2.37. The van der Waals surface area contributed by atoms with Crippen LogP contribution in [0.5, 0.6) is 0 Å². The summed E-state index contributed by atoms with van der Waals surface area (Å²) in [5, 5.41) is 12.0. The summed E-state index contributed by atoms with van der Waals surface area (Å²) in [7, 11) is 1.79. The van der Waals surface area contributed by atoms with E-state index in [1.165, 1.54) is 18.2 Å². The number of aryl methyl sites for hydroxylation is 1. The highest BCUT2D eigenvalue weighted by Gasteiger charge is 2.40. The largest absolute Gasteiger partial charge is 0.396 e. The Labute approximate surface area is 190 Å². The molecule has 1 fully saturated rings. The molecule has 0 spiro atoms. The van der Waals surface area contributed by atoms with Crippen molar-refractivity contribution in [3.05, 3.63) is 59.2 Å². The van der Waals surface area contributed by atoms with Gasteiger partial charge in [-0.15, -0.1) is 0 Å². The molecule has 1 saturated heterocycles. The van der Waals surface area contributed by atoms with Crippen LogP contribution in [0, 0.1) is 0 Å². The fraction of sp³-hybridized carbons (Fsp3) is 0.375. The maximum Gasteiger partial charge on any atom is 0.263 e. The van der Waals surface area contributed by atoms with Gasteiger partial charge in [0, 0.05) is 37.7 Å². The number of carbonyl (C=O) groups excluding carboxylic acids is 2. The Kier molecular flexibility index (Phi) is 6.16. The predicted molar refractivity (Wildman–Crippen MR) is 120 cm³/mol. The monoisotopic (exact) mass is 456 g/mol. The van der Waals surface area contributed by atoms with Crippen LogP contribution < -0.4 is 5.32 Å². The van der Waals surface area contributed by atoms with Gasteiger partial charge in [0.05, 0.1) is 16.6 Å². The lowest BCUT2D eigenvalue weighted by Gasteiger charge is -2.32. The van der Waals surface area contributed by atoms with Gasteiger partial charge in [0.25, 0.3) is 12.3 Å². The van der Waals surface area contributed by atoms with Gasteiger partial charge in [0.1, 0.15) is 0 Å². The Morgan fingerprint density at radius 3 is 2.73 bits per heavy atom. The first-order valence-electron chi connectivity index (χ1n) is 10.8. The molecule has 0 saturated carbocycles. The number of aliphatic hydroxyl groups is 1. The molecular weight excluding hydrogens is 430 g/mol. The fourth-order valence-corrected chi connectivity index (χ4v) is 4.30. The lowest BCUT2D eigenvalue weighted by atomic mass is 9.89. The Hall–Kier alpha value is -3.33. The number of amides is 2. The zero-order valence-electron chi connectivity index (χ0n) is 18.5. The maximum atomic E-state index is 13.0. The average molecular weight is 456 g/mol. The quantitative estimate of drug-likeness (QED) is 0.561. The molecule has 0 radical (unpaired) electrons. The fourth-order valence-electron chi connectivity index (χ4n) is 4.30. The third-order valence-corrected chi connectivity index (χ3v) is 6.48. The van der Waals surface area contributed by atoms with Crippen LogP contribution >= 0.6 is 0 Å². The van der Waals surface area contributed by atoms with Crippen LogP contribution in [0.4, 0.5) is 14.7 Å². The van der Waals surface area contributed by atoms with E-state index < -0.39 is 17.9 Å². The van der Waals surface area contributed by atoms with E-state index in [2.05, 4.69) is 10.3 Å². The van der Waals surface area contributed by atoms with Crippen molar-refractivity contribution >= 4 is 28.8 Å². The van der Waals surface area contributed by atoms with Gasteiger partial charge in [-0.1, -0.05) is 18.2 Å². The minimum atomic E-state index is -2.67. The van der Waals surface area contributed by atoms with E-state index in [1.54, 1.807) is 16.5 Å². The van der Waals surface area contributed by atoms with Gasteiger partial charge in [0.15, 0.2) is 0 Å². The van der Waals surface area contributed by atoms with Gasteiger partial charge in [-0.3, -0.25) is 14.9 Å². The first kappa shape index (κ1) is 22.8. The Bertz CT molecular complexity index is 1210. The number of carbonyl (C=O) groups is 2. The number of hydrogen-bond donors (Lipinski definition) is 2. The number of fused-ring (bicyclic) bond motifs is 1. The molecule has 0 aliphatic carbocycles. The van der Waals surface area contributed by atoms with Crippen LogP contribution in [0.2, 0.25) is 0 Å². The van der Waals surface area contributed by atoms with Crippen LogP contribution in [0.15, 0.2) is 42.5 Å². The summed E-state index contributed by atoms with van der Waals surface area (Å²) >= 11 is 0. The molecule has 9 heteroatoms. The molecule has 1 unspecified atom stereocenters. The van der Waals surface area contributed by atoms with Crippen LogP contribution in [0.1, 0.15) is 54.1 Å². The highest BCUT2D eigenvalue weighted by atomic mass is 19.3. The van der Waals surface area contributed by atoms with Crippen LogP contribution in [-0.4, -0.2) is 45.0 Å². The van der Waals surface area contributed by atoms with Crippen molar-refractivity contribution < 1.29 is 23.5 Å². The molecule has 2 amide bonds. The number of nitrogens with one attached hydrogen (secondary N) is 1. The van der Waals surface area contributed by atoms with Gasteiger partial charge < -0.3 is 14.6 Å². The molecule has 1 aliphatic rings. The molecule has 2 heterocycles. The molecule has 33 heavy (non-hydrogen) atoms. The number of aromatic nitrogens is 2. The summed E-state index contributed by atoms with van der Waals surface area (Å²) < 4.78 is 27.9. The van der Waals surface area contributed by atoms with Gasteiger partial charge in [0.2, 0.25) is 11.9 Å². The Morgan fingerprint density at radius 2 is 2.06 bits per heavy atom. The first-order chi connectivity index (χ1) is 15.7. The molecule has 2 N–H and O–H groups in total. The van der Waals surface area contributed by atoms with Crippen LogP contribution in [0.25, 0.3) is 11.0 Å². The zero-order valence-corrected chi connectivity index (χ0v) is 18.5. The van der Waals surface area contributed by atoms with E-state index in [1.807, 2.05) is 25.1 Å². The minimum absolute atomic E-state index is 0.0352. The standard InChI is InChI=1S/C24H26F2N4O3/c1-24(10-9-20(32)29(24)2)17-7-8-19-18(14-17)27-23(30(19)11-4-12-31)28-22(33)16-6-3-5-15(13-16)21(25)26/h3,5-8,13-14,21,31H,4,9-12H2,1-2H3,(H,27,28,33). The van der Waals surface area contributed by atoms with Crippen molar-refractivity contribution in [2.45, 2.75) is 44.7 Å². The summed E-state index contributed by atoms with van der Waals surface area (Å²) in [6.45, 7) is 2.39. The number of likely N-dealkylation sites (tertiary alicyclic amines) is 1. The van der Waals surface area contributed by atoms with E-state index in [9.17, 15) is 23.5 Å². The van der Waals surface area contributed by atoms with Crippen LogP contribution in [-0.2, 0) is 16.9 Å². The molecule has 4 rings (SSSR count). The number of benzene rings is 2. The zero-order chi connectivity index (χ0) is 23.8. The van der Waals surface area contributed by atoms with Crippen LogP contribution in [0.3, 0.4) is 0 Å². The van der Waals surface area contributed by atoms with Gasteiger partial charge in [-0.2, -0.15) is 0 Å². The number of imidazole rings is 1. The van der Waals surface area contributed by atoms with E-state index in [0.717, 1.165) is 17.1 Å². The van der Waals surface area contributed by atoms with Gasteiger partial charge in [-0.05, 0) is 49.6 Å². The Balaban J connectivity index is 1.70. The number of anilines is 1. The second kappa shape index (κ2) is 8.90. The van der Waals surface area contributed by atoms with Gasteiger partial charge >= 0.3 is 0 Å². The van der Waals surface area contributed by atoms with E-state index >= 15 is 0 Å². The smallest absolute Gasteiger partial charge is 0.263 e. The van der Waals surface area contributed by atoms with Crippen molar-refractivity contribution in [2.24, 2.45) is 0 Å². The van der Waals surface area contributed by atoms with E-state index in [0.29, 0.717) is 31.3 Å². The summed E-state index contributed by atoms with van der Waals surface area (Å²) in [5.41, 5.74) is 1.77. The molecule has 1 aromatic heterocycles. The third kappa shape index (κ3) is 4.20. The summed E-state index contributed by atoms with van der Waals surface area (Å²) in [6, 6.07) is 11.1. The summed E-state index contributed by atoms with van der Waals surface area (Å²) in [5.74, 6) is -0.194. The topological polar surface area (TPSA) is 87.5 Å². The molecule has 1 atom stereocenters. The number of alkyl halides is 2. The van der Waals surface area contributed by atoms with E-state index in [-0.39, 0.29) is 29.6 Å². The second-order valence-corrected chi connectivity index (χ2v) is 8.47. The molecule has 174 valence electrons. The Morgan fingerprint density at radius 1 is 1.27 bits per heavy atom. The number of rotatable bonds is 7. The molecule has 7 nitrogen and oxygen atoms in total. The number of nitrogens with zero attached hydrogens (tertiary/aromatic N) is 3. The molecule has 2 aromatic carbocycles. The SMILES string of the molecule is CN1C(=O)CCC1(C)c1ccc2c(c1)nc(NC(=O)c1cccc(C(F)F)c1)n2CCCO. The van der Waals surface area contributed by atoms with Crippen molar-refractivity contribution in [3.63, 3.8) is 0 Å². The van der Waals surface area contributed by atoms with Gasteiger partial charge in [-0.25, -0.2) is 13.8 Å². The predicted octanol–water partition coefficient (Wildman–Crippen LogP) is 4.08. The molecule has 0 bridgehead atoms. The number of aliphatic hydroxyl groups excluding tert-OH is 1. The van der Waals surface area contributed by atoms with Crippen molar-refractivity contribution in [1.29, 1.82) is 0 Å². The molecule has 1 aliphatic heterocycles. The average Bonchev–Trinajstić information content (AvgIpc) is 3.29. The number of hydrogen-bond acceptors (Lipinski definition) is 4. The maximum absolute atomic E-state index is 13.0. The molecule has 3 aromatic rings. The van der Waals surface area contributed by atoms with Crippen molar-refractivity contribution in [2.75, 3.05) is 19.0 Å². The normalized spacial score (nSPS) is 18.5. The van der Waals surface area contributed by atoms with Crippen molar-refractivity contribution in [3.8, 4) is 0 Å². The molecular formula is C24H26F2N4O3. The minimum Gasteiger partial charge on any atom is -0.396 e. The summed E-state index contributed by atoms with van der Waals surface area (Å²) in [6.07, 6.45) is -1.04. The number of halogens is 2. The third-order valence-electron chi connectivity index (χ3n) is 6.48. The highest BCUT2D eigenvalue weighted by Crippen LogP contribution is 2.39. The van der Waals surface area contributed by atoms with Crippen molar-refractivity contribution in [1.82, 2.24) is 14.5 Å². The second-order valence-electron chi connectivity index (χ2n) is 8.47. The lowest BCUT2D eigenvalue weighted by molar-refractivity contribution is -0.129. The van der Waals surface area contributed by atoms with E-state index in [4.69, 9.17) is 0 Å².